The molecule has 0 bridgehead atoms. The Hall–Kier alpha value is -0.770. The van der Waals surface area contributed by atoms with Crippen LogP contribution in [0.2, 0.25) is 0 Å². The van der Waals surface area contributed by atoms with E-state index in [2.05, 4.69) is 20.9 Å². The summed E-state index contributed by atoms with van der Waals surface area (Å²) in [6.45, 7) is 1.11. The van der Waals surface area contributed by atoms with E-state index >= 15 is 0 Å². The zero-order valence-corrected chi connectivity index (χ0v) is 13.0. The third-order valence-electron chi connectivity index (χ3n) is 2.04. The molecule has 0 unspecified atom stereocenters. The van der Waals surface area contributed by atoms with Gasteiger partial charge >= 0.3 is 15.8 Å². The van der Waals surface area contributed by atoms with Gasteiger partial charge in [0.25, 0.3) is 10.1 Å². The fourth-order valence-corrected chi connectivity index (χ4v) is 4.14. The van der Waals surface area contributed by atoms with Crippen LogP contribution >= 0.6 is 15.9 Å². The average Bonchev–Trinajstić information content (AvgIpc) is 2.13. The quantitative estimate of drug-likeness (QED) is 0.472. The van der Waals surface area contributed by atoms with Gasteiger partial charge < -0.3 is 12.4 Å². The summed E-state index contributed by atoms with van der Waals surface area (Å²) in [5, 5.41) is 8.70. The van der Waals surface area contributed by atoms with Gasteiger partial charge in [-0.05, 0) is 28.9 Å². The molecule has 0 atom stereocenters. The van der Waals surface area contributed by atoms with Crippen LogP contribution in [-0.4, -0.2) is 25.9 Å². The van der Waals surface area contributed by atoms with Crippen LogP contribution in [0, 0.1) is 12.3 Å². The summed E-state index contributed by atoms with van der Waals surface area (Å²) in [7, 11) is -9.37. The molecule has 1 aromatic rings. The van der Waals surface area contributed by atoms with E-state index in [0.717, 1.165) is 6.92 Å². The first-order valence-electron chi connectivity index (χ1n) is 4.13. The van der Waals surface area contributed by atoms with Crippen LogP contribution in [0.3, 0.4) is 0 Å². The monoisotopic (exact) mass is 392 g/mol. The fraction of sp³-hybridized carbons (Fsp3) is 0.143. The van der Waals surface area contributed by atoms with Gasteiger partial charge in [-0.2, -0.15) is 16.8 Å². The molecule has 12 heteroatoms. The topological polar surface area (TPSA) is 137 Å². The Morgan fingerprint density at radius 2 is 1.68 bits per heavy atom. The summed E-state index contributed by atoms with van der Waals surface area (Å²) in [5.41, 5.74) is -1.00. The lowest BCUT2D eigenvalue weighted by atomic mass is 10.2. The first-order chi connectivity index (χ1) is 8.00. The smallest absolute Gasteiger partial charge is 0.410 e. The summed E-state index contributed by atoms with van der Waals surface area (Å²) >= 11 is 2.75. The molecule has 0 aliphatic carbocycles. The molecule has 0 fully saturated rings. The molecule has 0 aliphatic heterocycles. The maximum Gasteiger partial charge on any atom is 0.410 e. The van der Waals surface area contributed by atoms with Crippen LogP contribution in [0.1, 0.15) is 5.56 Å². The lowest BCUT2D eigenvalue weighted by Gasteiger charge is -2.05. The highest BCUT2D eigenvalue weighted by atomic mass is 79.9. The number of benzene rings is 1. The third-order valence-corrected chi connectivity index (χ3v) is 4.84. The molecule has 0 saturated heterocycles. The van der Waals surface area contributed by atoms with Gasteiger partial charge in [-0.3, -0.25) is 9.11 Å². The fourth-order valence-electron chi connectivity index (χ4n) is 1.36. The van der Waals surface area contributed by atoms with E-state index < -0.39 is 35.7 Å². The molecular formula is C7H6BrClN2O6S2. The first-order valence-corrected chi connectivity index (χ1v) is 7.80. The Morgan fingerprint density at radius 1 is 1.21 bits per heavy atom. The average molecular weight is 394 g/mol. The molecular weight excluding hydrogens is 388 g/mol. The van der Waals surface area contributed by atoms with Gasteiger partial charge in [0.05, 0.1) is 5.56 Å². The van der Waals surface area contributed by atoms with E-state index in [1.165, 1.54) is 0 Å². The number of diazo groups is 1. The van der Waals surface area contributed by atoms with Crippen molar-refractivity contribution in [3.05, 3.63) is 21.1 Å². The minimum atomic E-state index is -4.71. The minimum absolute atomic E-state index is 0. The molecule has 0 aliphatic rings. The van der Waals surface area contributed by atoms with Crippen molar-refractivity contribution in [1.29, 1.82) is 5.39 Å². The van der Waals surface area contributed by atoms with Crippen molar-refractivity contribution in [3.8, 4) is 0 Å². The zero-order chi connectivity index (χ0) is 14.3. The van der Waals surface area contributed by atoms with Gasteiger partial charge in [0.2, 0.25) is 5.39 Å². The van der Waals surface area contributed by atoms with Crippen LogP contribution in [0.5, 0.6) is 0 Å². The summed E-state index contributed by atoms with van der Waals surface area (Å²) in [6, 6.07) is 0.709. The number of hydrogen-bond acceptors (Lipinski definition) is 5. The van der Waals surface area contributed by atoms with Crippen molar-refractivity contribution in [2.45, 2.75) is 16.7 Å². The van der Waals surface area contributed by atoms with Crippen molar-refractivity contribution >= 4 is 41.9 Å². The van der Waals surface area contributed by atoms with Crippen molar-refractivity contribution in [2.24, 2.45) is 0 Å². The van der Waals surface area contributed by atoms with Crippen LogP contribution in [-0.2, 0) is 20.2 Å². The molecule has 0 aromatic heterocycles. The van der Waals surface area contributed by atoms with Gasteiger partial charge in [0.15, 0.2) is 9.87 Å². The molecule has 8 nitrogen and oxygen atoms in total. The summed E-state index contributed by atoms with van der Waals surface area (Å²) in [6.07, 6.45) is 0. The Morgan fingerprint density at radius 3 is 2.00 bits per heavy atom. The molecule has 0 spiro atoms. The van der Waals surface area contributed by atoms with Gasteiger partial charge in [-0.1, -0.05) is 0 Å². The molecule has 0 heterocycles. The lowest BCUT2D eigenvalue weighted by Crippen LogP contribution is -3.00. The molecule has 2 N–H and O–H groups in total. The highest BCUT2D eigenvalue weighted by molar-refractivity contribution is 9.10. The molecule has 0 amide bonds. The summed E-state index contributed by atoms with van der Waals surface area (Å²) in [4.78, 5) is 1.18. The number of halogens is 2. The molecule has 1 aromatic carbocycles. The van der Waals surface area contributed by atoms with Crippen LogP contribution in [0.25, 0.3) is 4.98 Å². The predicted octanol–water partition coefficient (Wildman–Crippen LogP) is -1.26. The largest absolute Gasteiger partial charge is 1.00 e. The lowest BCUT2D eigenvalue weighted by molar-refractivity contribution is -0.0000122. The third kappa shape index (κ3) is 3.62. The minimum Gasteiger partial charge on any atom is -1.00 e. The SMILES string of the molecule is Cc1c([N+]#N)c(S(=O)(=O)O)cc(Br)c1S(=O)(=O)O.[Cl-]. The van der Waals surface area contributed by atoms with E-state index in [1.54, 1.807) is 0 Å². The van der Waals surface area contributed by atoms with Crippen molar-refractivity contribution in [3.63, 3.8) is 0 Å². The Labute approximate surface area is 123 Å². The summed E-state index contributed by atoms with van der Waals surface area (Å²) < 4.78 is 61.8. The second kappa shape index (κ2) is 5.70. The van der Waals surface area contributed by atoms with E-state index in [1.807, 2.05) is 0 Å². The summed E-state index contributed by atoms with van der Waals surface area (Å²) in [5.74, 6) is 0. The second-order valence-electron chi connectivity index (χ2n) is 3.21. The molecule has 19 heavy (non-hydrogen) atoms. The van der Waals surface area contributed by atoms with Crippen molar-refractivity contribution in [1.82, 2.24) is 0 Å². The molecule has 106 valence electrons. The Bertz CT molecular complexity index is 768. The molecule has 1 rings (SSSR count). The predicted molar refractivity (Wildman–Crippen MR) is 63.3 cm³/mol. The first kappa shape index (κ1) is 18.2. The maximum atomic E-state index is 11.1. The number of hydrogen-bond donors (Lipinski definition) is 2. The Kier molecular flexibility index (Phi) is 5.46. The van der Waals surface area contributed by atoms with Crippen LogP contribution in [0.15, 0.2) is 20.3 Å². The van der Waals surface area contributed by atoms with Crippen LogP contribution < -0.4 is 12.4 Å². The highest BCUT2D eigenvalue weighted by Gasteiger charge is 2.34. The van der Waals surface area contributed by atoms with Gasteiger partial charge in [0.1, 0.15) is 4.90 Å². The van der Waals surface area contributed by atoms with E-state index in [9.17, 15) is 16.8 Å². The van der Waals surface area contributed by atoms with E-state index in [0.29, 0.717) is 6.07 Å². The maximum absolute atomic E-state index is 11.1. The van der Waals surface area contributed by atoms with E-state index in [4.69, 9.17) is 14.5 Å². The Balaban J connectivity index is 0.00000324. The number of rotatable bonds is 2. The number of nitrogens with zero attached hydrogens (tertiary/aromatic N) is 2. The second-order valence-corrected chi connectivity index (χ2v) is 6.81. The zero-order valence-electron chi connectivity index (χ0n) is 9.07. The van der Waals surface area contributed by atoms with Crippen LogP contribution in [0.4, 0.5) is 5.69 Å². The standard InChI is InChI=1S/C7H5BrN2O6S2.ClH/c1-3-6(10-9)5(17(11,12)13)2-4(8)7(3)18(14,15)16;/h2H,1H3,(H-,11,12,13,14,15,16);1H. The molecule has 0 radical (unpaired) electrons. The van der Waals surface area contributed by atoms with E-state index in [-0.39, 0.29) is 22.4 Å². The van der Waals surface area contributed by atoms with Crippen molar-refractivity contribution in [2.75, 3.05) is 0 Å². The van der Waals surface area contributed by atoms with Gasteiger partial charge in [-0.25, -0.2) is 0 Å². The molecule has 0 saturated carbocycles. The highest BCUT2D eigenvalue weighted by Crippen LogP contribution is 2.37. The van der Waals surface area contributed by atoms with Gasteiger partial charge in [0, 0.05) is 4.47 Å². The van der Waals surface area contributed by atoms with Gasteiger partial charge in [-0.15, -0.1) is 0 Å². The normalized spacial score (nSPS) is 11.5. The van der Waals surface area contributed by atoms with Crippen molar-refractivity contribution < 1.29 is 38.3 Å².